The number of carbonyl (C=O) groups excluding carboxylic acids is 2. The molecule has 1 aliphatic heterocycles. The Morgan fingerprint density at radius 2 is 2.07 bits per heavy atom. The van der Waals surface area contributed by atoms with Crippen molar-refractivity contribution < 1.29 is 14.3 Å². The molecule has 28 heavy (non-hydrogen) atoms. The normalized spacial score (nSPS) is 14.7. The third-order valence-corrected chi connectivity index (χ3v) is 5.04. The zero-order valence-electron chi connectivity index (χ0n) is 16.0. The first-order valence-electron chi connectivity index (χ1n) is 9.25. The molecule has 0 unspecified atom stereocenters. The predicted octanol–water partition coefficient (Wildman–Crippen LogP) is 3.59. The molecule has 1 saturated heterocycles. The molecule has 1 atom stereocenters. The van der Waals surface area contributed by atoms with Crippen molar-refractivity contribution in [2.75, 3.05) is 23.9 Å². The van der Waals surface area contributed by atoms with Gasteiger partial charge in [0.25, 0.3) is 0 Å². The smallest absolute Gasteiger partial charge is 0.242 e. The Balaban J connectivity index is 1.59. The van der Waals surface area contributed by atoms with Crippen LogP contribution in [0.1, 0.15) is 25.3 Å². The number of carbonyl (C=O) groups is 2. The molecule has 1 heterocycles. The highest BCUT2D eigenvalue weighted by molar-refractivity contribution is 6.34. The van der Waals surface area contributed by atoms with Crippen molar-refractivity contribution in [3.8, 4) is 5.75 Å². The van der Waals surface area contributed by atoms with Gasteiger partial charge in [0.1, 0.15) is 11.8 Å². The molecule has 2 amide bonds. The van der Waals surface area contributed by atoms with Gasteiger partial charge in [0.15, 0.2) is 0 Å². The number of benzene rings is 2. The largest absolute Gasteiger partial charge is 0.496 e. The molecule has 0 bridgehead atoms. The van der Waals surface area contributed by atoms with Gasteiger partial charge >= 0.3 is 0 Å². The van der Waals surface area contributed by atoms with Gasteiger partial charge in [-0.2, -0.15) is 0 Å². The molecule has 0 spiro atoms. The summed E-state index contributed by atoms with van der Waals surface area (Å²) in [5, 5.41) is 6.54. The number of halogens is 1. The summed E-state index contributed by atoms with van der Waals surface area (Å²) in [4.78, 5) is 26.0. The van der Waals surface area contributed by atoms with Gasteiger partial charge in [-0.25, -0.2) is 0 Å². The maximum absolute atomic E-state index is 12.4. The van der Waals surface area contributed by atoms with E-state index in [1.807, 2.05) is 36.4 Å². The van der Waals surface area contributed by atoms with Gasteiger partial charge in [-0.1, -0.05) is 29.8 Å². The number of anilines is 2. The van der Waals surface area contributed by atoms with E-state index in [9.17, 15) is 9.59 Å². The van der Waals surface area contributed by atoms with E-state index >= 15 is 0 Å². The summed E-state index contributed by atoms with van der Waals surface area (Å²) in [5.74, 6) is 0.690. The van der Waals surface area contributed by atoms with E-state index in [0.29, 0.717) is 30.2 Å². The molecule has 3 rings (SSSR count). The lowest BCUT2D eigenvalue weighted by molar-refractivity contribution is -0.121. The monoisotopic (exact) mass is 401 g/mol. The molecule has 2 aromatic rings. The predicted molar refractivity (Wildman–Crippen MR) is 111 cm³/mol. The summed E-state index contributed by atoms with van der Waals surface area (Å²) in [7, 11) is 1.61. The van der Waals surface area contributed by atoms with Crippen molar-refractivity contribution in [3.05, 3.63) is 53.1 Å². The molecular weight excluding hydrogens is 378 g/mol. The van der Waals surface area contributed by atoms with E-state index in [2.05, 4.69) is 10.6 Å². The fourth-order valence-corrected chi connectivity index (χ4v) is 3.50. The Hall–Kier alpha value is -2.73. The quantitative estimate of drug-likeness (QED) is 0.743. The van der Waals surface area contributed by atoms with Gasteiger partial charge in [0, 0.05) is 30.8 Å². The standard InChI is InChI=1S/C21H24ClN3O3/c1-14(21(27)23-13-15-6-3-4-7-19(15)28-2)24-16-9-10-18(17(22)12-16)25-11-5-8-20(25)26/h3-4,6-7,9-10,12,14,24H,5,8,11,13H2,1-2H3,(H,23,27)/t14-/m1/s1. The van der Waals surface area contributed by atoms with E-state index in [-0.39, 0.29) is 11.8 Å². The Morgan fingerprint density at radius 3 is 2.75 bits per heavy atom. The number of nitrogens with zero attached hydrogens (tertiary/aromatic N) is 1. The van der Waals surface area contributed by atoms with Crippen molar-refractivity contribution in [2.24, 2.45) is 0 Å². The number of amides is 2. The topological polar surface area (TPSA) is 70.7 Å². The van der Waals surface area contributed by atoms with E-state index in [1.165, 1.54) is 0 Å². The highest BCUT2D eigenvalue weighted by atomic mass is 35.5. The van der Waals surface area contributed by atoms with Crippen LogP contribution >= 0.6 is 11.6 Å². The van der Waals surface area contributed by atoms with Crippen LogP contribution in [-0.2, 0) is 16.1 Å². The zero-order chi connectivity index (χ0) is 20.1. The second-order valence-corrected chi connectivity index (χ2v) is 7.12. The van der Waals surface area contributed by atoms with Crippen LogP contribution in [0.5, 0.6) is 5.75 Å². The molecule has 1 aliphatic rings. The maximum atomic E-state index is 12.4. The van der Waals surface area contributed by atoms with Crippen molar-refractivity contribution in [1.82, 2.24) is 5.32 Å². The average Bonchev–Trinajstić information content (AvgIpc) is 3.12. The molecule has 1 fully saturated rings. The van der Waals surface area contributed by atoms with Gasteiger partial charge in [0.2, 0.25) is 11.8 Å². The van der Waals surface area contributed by atoms with Crippen molar-refractivity contribution >= 4 is 34.8 Å². The maximum Gasteiger partial charge on any atom is 0.242 e. The van der Waals surface area contributed by atoms with Crippen LogP contribution in [-0.4, -0.2) is 31.5 Å². The van der Waals surface area contributed by atoms with Gasteiger partial charge in [-0.3, -0.25) is 9.59 Å². The second kappa shape index (κ2) is 8.97. The SMILES string of the molecule is COc1ccccc1CNC(=O)[C@@H](C)Nc1ccc(N2CCCC2=O)c(Cl)c1. The average molecular weight is 402 g/mol. The minimum atomic E-state index is -0.454. The van der Waals surface area contributed by atoms with E-state index in [4.69, 9.17) is 16.3 Å². The highest BCUT2D eigenvalue weighted by Gasteiger charge is 2.24. The summed E-state index contributed by atoms with van der Waals surface area (Å²) in [6, 6.07) is 12.5. The van der Waals surface area contributed by atoms with Crippen molar-refractivity contribution in [3.63, 3.8) is 0 Å². The number of hydrogen-bond acceptors (Lipinski definition) is 4. The molecule has 0 aromatic heterocycles. The number of ether oxygens (including phenoxy) is 1. The Labute approximate surface area is 169 Å². The lowest BCUT2D eigenvalue weighted by Crippen LogP contribution is -2.37. The molecular formula is C21H24ClN3O3. The van der Waals surface area contributed by atoms with Crippen LogP contribution < -0.4 is 20.3 Å². The molecule has 2 aromatic carbocycles. The van der Waals surface area contributed by atoms with Crippen molar-refractivity contribution in [2.45, 2.75) is 32.4 Å². The number of hydrogen-bond donors (Lipinski definition) is 2. The lowest BCUT2D eigenvalue weighted by atomic mass is 10.2. The first-order valence-corrected chi connectivity index (χ1v) is 9.63. The second-order valence-electron chi connectivity index (χ2n) is 6.71. The van der Waals surface area contributed by atoms with Crippen molar-refractivity contribution in [1.29, 1.82) is 0 Å². The van der Waals surface area contributed by atoms with Gasteiger partial charge in [-0.05, 0) is 37.6 Å². The third-order valence-electron chi connectivity index (χ3n) is 4.73. The Morgan fingerprint density at radius 1 is 1.29 bits per heavy atom. The first kappa shape index (κ1) is 20.0. The Kier molecular flexibility index (Phi) is 6.41. The van der Waals surface area contributed by atoms with Crippen LogP contribution in [0.25, 0.3) is 0 Å². The molecule has 148 valence electrons. The fourth-order valence-electron chi connectivity index (χ4n) is 3.22. The molecule has 7 heteroatoms. The summed E-state index contributed by atoms with van der Waals surface area (Å²) in [5.41, 5.74) is 2.34. The number of rotatable bonds is 7. The number of methoxy groups -OCH3 is 1. The van der Waals surface area contributed by atoms with Crippen LogP contribution in [0, 0.1) is 0 Å². The molecule has 0 aliphatic carbocycles. The molecule has 0 saturated carbocycles. The van der Waals surface area contributed by atoms with E-state index in [0.717, 1.165) is 23.4 Å². The van der Waals surface area contributed by atoms with Gasteiger partial charge < -0.3 is 20.3 Å². The summed E-state index contributed by atoms with van der Waals surface area (Å²) >= 11 is 6.36. The van der Waals surface area contributed by atoms with Crippen LogP contribution in [0.4, 0.5) is 11.4 Å². The minimum absolute atomic E-state index is 0.0895. The number of para-hydroxylation sites is 1. The summed E-state index contributed by atoms with van der Waals surface area (Å²) in [6.45, 7) is 2.85. The number of nitrogens with one attached hydrogen (secondary N) is 2. The molecule has 2 N–H and O–H groups in total. The highest BCUT2D eigenvalue weighted by Crippen LogP contribution is 2.31. The molecule has 6 nitrogen and oxygen atoms in total. The summed E-state index contributed by atoms with van der Waals surface area (Å²) < 4.78 is 5.30. The fraction of sp³-hybridized carbons (Fsp3) is 0.333. The Bertz CT molecular complexity index is 872. The van der Waals surface area contributed by atoms with Gasteiger partial charge in [-0.15, -0.1) is 0 Å². The minimum Gasteiger partial charge on any atom is -0.496 e. The molecule has 0 radical (unpaired) electrons. The van der Waals surface area contributed by atoms with Gasteiger partial charge in [0.05, 0.1) is 17.8 Å². The lowest BCUT2D eigenvalue weighted by Gasteiger charge is -2.20. The first-order chi connectivity index (χ1) is 13.5. The van der Waals surface area contributed by atoms with Crippen LogP contribution in [0.2, 0.25) is 5.02 Å². The van der Waals surface area contributed by atoms with Crippen LogP contribution in [0.3, 0.4) is 0 Å². The van der Waals surface area contributed by atoms with E-state index < -0.39 is 6.04 Å². The zero-order valence-corrected chi connectivity index (χ0v) is 16.8. The third kappa shape index (κ3) is 4.57. The van der Waals surface area contributed by atoms with Crippen LogP contribution in [0.15, 0.2) is 42.5 Å². The van der Waals surface area contributed by atoms with E-state index in [1.54, 1.807) is 25.0 Å². The summed E-state index contributed by atoms with van der Waals surface area (Å²) in [6.07, 6.45) is 1.40.